The van der Waals surface area contributed by atoms with Gasteiger partial charge < -0.3 is 15.0 Å². The molecule has 0 spiro atoms. The van der Waals surface area contributed by atoms with Gasteiger partial charge in [-0.1, -0.05) is 12.1 Å². The lowest BCUT2D eigenvalue weighted by molar-refractivity contribution is -0.137. The molecule has 4 nitrogen and oxygen atoms in total. The van der Waals surface area contributed by atoms with E-state index >= 15 is 4.39 Å². The lowest BCUT2D eigenvalue weighted by atomic mass is 9.84. The van der Waals surface area contributed by atoms with Crippen LogP contribution >= 0.6 is 0 Å². The van der Waals surface area contributed by atoms with E-state index in [-0.39, 0.29) is 34.7 Å². The number of nitrogens with one attached hydrogen (secondary N) is 1. The molecule has 2 aliphatic rings. The van der Waals surface area contributed by atoms with Gasteiger partial charge in [0, 0.05) is 24.1 Å². The van der Waals surface area contributed by atoms with Crippen molar-refractivity contribution in [1.82, 2.24) is 5.32 Å². The van der Waals surface area contributed by atoms with Crippen molar-refractivity contribution in [3.63, 3.8) is 0 Å². The Balaban J connectivity index is 1.77. The van der Waals surface area contributed by atoms with E-state index in [4.69, 9.17) is 4.74 Å². The number of carbonyl (C=O) groups excluding carboxylic acids is 1. The number of hydrogen-bond donors (Lipinski definition) is 1. The molecule has 0 saturated carbocycles. The van der Waals surface area contributed by atoms with Gasteiger partial charge in [-0.25, -0.2) is 4.39 Å². The van der Waals surface area contributed by atoms with Crippen molar-refractivity contribution in [2.24, 2.45) is 5.92 Å². The molecule has 2 atom stereocenters. The summed E-state index contributed by atoms with van der Waals surface area (Å²) in [5.74, 6) is -0.264. The number of carbonyl (C=O) groups is 1. The molecule has 2 unspecified atom stereocenters. The highest BCUT2D eigenvalue weighted by Gasteiger charge is 2.39. The zero-order valence-corrected chi connectivity index (χ0v) is 16.4. The fraction of sp³-hybridized carbons (Fsp3) is 0.409. The molecular formula is C22H22F4N2O2. The molecule has 1 amide bonds. The monoisotopic (exact) mass is 422 g/mol. The number of anilines is 1. The highest BCUT2D eigenvalue weighted by atomic mass is 19.4. The smallest absolute Gasteiger partial charge is 0.416 e. The average molecular weight is 422 g/mol. The second-order valence-corrected chi connectivity index (χ2v) is 7.71. The number of piperidine rings is 2. The summed E-state index contributed by atoms with van der Waals surface area (Å²) in [7, 11) is 1.40. The summed E-state index contributed by atoms with van der Waals surface area (Å²) >= 11 is 0. The van der Waals surface area contributed by atoms with Crippen LogP contribution < -0.4 is 15.0 Å². The lowest BCUT2D eigenvalue weighted by Gasteiger charge is -2.44. The van der Waals surface area contributed by atoms with Crippen LogP contribution in [0, 0.1) is 11.7 Å². The number of methoxy groups -OCH3 is 1. The molecular weight excluding hydrogens is 400 g/mol. The molecule has 0 radical (unpaired) electrons. The minimum Gasteiger partial charge on any atom is -0.495 e. The van der Waals surface area contributed by atoms with Crippen LogP contribution in [0.15, 0.2) is 36.4 Å². The molecule has 2 fully saturated rings. The van der Waals surface area contributed by atoms with Crippen LogP contribution in [0.5, 0.6) is 5.75 Å². The van der Waals surface area contributed by atoms with Gasteiger partial charge in [-0.05, 0) is 55.6 Å². The van der Waals surface area contributed by atoms with Gasteiger partial charge in [-0.15, -0.1) is 0 Å². The van der Waals surface area contributed by atoms with Crippen molar-refractivity contribution in [3.05, 3.63) is 47.8 Å². The Hall–Kier alpha value is -2.61. The summed E-state index contributed by atoms with van der Waals surface area (Å²) in [6.45, 7) is 1.56. The van der Waals surface area contributed by atoms with Crippen molar-refractivity contribution in [3.8, 4) is 16.9 Å². The first-order chi connectivity index (χ1) is 14.3. The molecule has 0 bridgehead atoms. The molecule has 1 N–H and O–H groups in total. The number of fused-ring (bicyclic) bond motifs is 1. The van der Waals surface area contributed by atoms with E-state index in [1.165, 1.54) is 31.4 Å². The van der Waals surface area contributed by atoms with Crippen molar-refractivity contribution in [2.45, 2.75) is 31.5 Å². The second-order valence-electron chi connectivity index (χ2n) is 7.71. The molecule has 8 heteroatoms. The first kappa shape index (κ1) is 20.7. The summed E-state index contributed by atoms with van der Waals surface area (Å²) in [4.78, 5) is 14.4. The standard InChI is InChI=1S/C22H22F4N2O2/c1-30-20-10-16(13-3-2-4-15(9-13)22(24,25)26)17(23)11-19(20)28-18-7-8-27-12-14(18)5-6-21(28)29/h2-4,9-11,14,18,27H,5-8,12H2,1H3. The molecule has 2 heterocycles. The van der Waals surface area contributed by atoms with Gasteiger partial charge in [0.15, 0.2) is 0 Å². The van der Waals surface area contributed by atoms with E-state index in [0.717, 1.165) is 38.1 Å². The zero-order valence-electron chi connectivity index (χ0n) is 16.4. The van der Waals surface area contributed by atoms with Crippen LogP contribution in [-0.4, -0.2) is 32.1 Å². The summed E-state index contributed by atoms with van der Waals surface area (Å²) in [6, 6.07) is 7.03. The number of alkyl halides is 3. The molecule has 2 aromatic rings. The third kappa shape index (κ3) is 3.76. The first-order valence-corrected chi connectivity index (χ1v) is 9.87. The molecule has 2 aromatic carbocycles. The largest absolute Gasteiger partial charge is 0.495 e. The minimum absolute atomic E-state index is 0.00646. The Bertz CT molecular complexity index is 961. The van der Waals surface area contributed by atoms with E-state index in [1.807, 2.05) is 0 Å². The van der Waals surface area contributed by atoms with E-state index in [2.05, 4.69) is 5.32 Å². The summed E-state index contributed by atoms with van der Waals surface area (Å²) in [5.41, 5.74) is -0.441. The van der Waals surface area contributed by atoms with Gasteiger partial charge >= 0.3 is 6.18 Å². The predicted octanol–water partition coefficient (Wildman–Crippen LogP) is 4.63. The van der Waals surface area contributed by atoms with Crippen molar-refractivity contribution < 1.29 is 27.1 Å². The third-order valence-electron chi connectivity index (χ3n) is 5.93. The van der Waals surface area contributed by atoms with E-state index in [0.29, 0.717) is 12.1 Å². The third-order valence-corrected chi connectivity index (χ3v) is 5.93. The molecule has 0 aromatic heterocycles. The number of benzene rings is 2. The van der Waals surface area contributed by atoms with Crippen molar-refractivity contribution in [2.75, 3.05) is 25.1 Å². The number of halogens is 4. The van der Waals surface area contributed by atoms with E-state index in [1.54, 1.807) is 4.90 Å². The number of ether oxygens (including phenoxy) is 1. The van der Waals surface area contributed by atoms with E-state index in [9.17, 15) is 18.0 Å². The number of nitrogens with zero attached hydrogens (tertiary/aromatic N) is 1. The van der Waals surface area contributed by atoms with Crippen LogP contribution in [0.25, 0.3) is 11.1 Å². The molecule has 160 valence electrons. The Morgan fingerprint density at radius 1 is 1.17 bits per heavy atom. The van der Waals surface area contributed by atoms with Gasteiger partial charge in [-0.2, -0.15) is 13.2 Å². The highest BCUT2D eigenvalue weighted by Crippen LogP contribution is 2.41. The maximum Gasteiger partial charge on any atom is 0.416 e. The van der Waals surface area contributed by atoms with Crippen LogP contribution in [0.3, 0.4) is 0 Å². The Morgan fingerprint density at radius 2 is 1.97 bits per heavy atom. The zero-order chi connectivity index (χ0) is 21.5. The molecule has 4 rings (SSSR count). The van der Waals surface area contributed by atoms with Gasteiger partial charge in [0.1, 0.15) is 11.6 Å². The summed E-state index contributed by atoms with van der Waals surface area (Å²) < 4.78 is 59.8. The average Bonchev–Trinajstić information content (AvgIpc) is 2.73. The molecule has 30 heavy (non-hydrogen) atoms. The summed E-state index contributed by atoms with van der Waals surface area (Å²) in [6.07, 6.45) is -2.64. The van der Waals surface area contributed by atoms with Crippen molar-refractivity contribution in [1.29, 1.82) is 0 Å². The maximum absolute atomic E-state index is 15.1. The predicted molar refractivity (Wildman–Crippen MR) is 105 cm³/mol. The Morgan fingerprint density at radius 3 is 2.70 bits per heavy atom. The SMILES string of the molecule is COc1cc(-c2cccc(C(F)(F)F)c2)c(F)cc1N1C(=O)CCC2CNCCC21. The van der Waals surface area contributed by atoms with E-state index < -0.39 is 17.6 Å². The molecule has 0 aliphatic carbocycles. The minimum atomic E-state index is -4.53. The maximum atomic E-state index is 15.1. The van der Waals surface area contributed by atoms with Crippen LogP contribution in [0.4, 0.5) is 23.2 Å². The van der Waals surface area contributed by atoms with Crippen LogP contribution in [0.1, 0.15) is 24.8 Å². The molecule has 2 saturated heterocycles. The quantitative estimate of drug-likeness (QED) is 0.734. The van der Waals surface area contributed by atoms with Gasteiger partial charge in [0.25, 0.3) is 0 Å². The van der Waals surface area contributed by atoms with Crippen LogP contribution in [-0.2, 0) is 11.0 Å². The molecule has 2 aliphatic heterocycles. The van der Waals surface area contributed by atoms with Gasteiger partial charge in [0.2, 0.25) is 5.91 Å². The topological polar surface area (TPSA) is 41.6 Å². The lowest BCUT2D eigenvalue weighted by Crippen LogP contribution is -2.55. The highest BCUT2D eigenvalue weighted by molar-refractivity contribution is 5.97. The van der Waals surface area contributed by atoms with Crippen LogP contribution in [0.2, 0.25) is 0 Å². The first-order valence-electron chi connectivity index (χ1n) is 9.87. The Kier molecular flexibility index (Phi) is 5.44. The number of hydrogen-bond acceptors (Lipinski definition) is 3. The Labute approximate surface area is 171 Å². The second kappa shape index (κ2) is 7.91. The van der Waals surface area contributed by atoms with Gasteiger partial charge in [0.05, 0.1) is 18.4 Å². The fourth-order valence-corrected chi connectivity index (χ4v) is 4.45. The normalized spacial score (nSPS) is 22.0. The fourth-order valence-electron chi connectivity index (χ4n) is 4.45. The van der Waals surface area contributed by atoms with Crippen molar-refractivity contribution >= 4 is 11.6 Å². The van der Waals surface area contributed by atoms with Gasteiger partial charge in [-0.3, -0.25) is 4.79 Å². The number of amides is 1. The number of rotatable bonds is 3. The summed E-state index contributed by atoms with van der Waals surface area (Å²) in [5, 5.41) is 3.32.